The second-order valence-electron chi connectivity index (χ2n) is 9.75. The van der Waals surface area contributed by atoms with Gasteiger partial charge in [0.05, 0.1) is 6.26 Å². The zero-order valence-electron chi connectivity index (χ0n) is 19.9. The lowest BCUT2D eigenvalue weighted by Gasteiger charge is -2.40. The lowest BCUT2D eigenvalue weighted by atomic mass is 9.91. The fourth-order valence-electron chi connectivity index (χ4n) is 5.19. The van der Waals surface area contributed by atoms with Gasteiger partial charge in [0.15, 0.2) is 5.60 Å². The molecule has 4 rings (SSSR count). The number of hydrogen-bond acceptors (Lipinski definition) is 4. The third-order valence-electron chi connectivity index (χ3n) is 7.36. The van der Waals surface area contributed by atoms with Crippen LogP contribution in [0.15, 0.2) is 36.4 Å². The van der Waals surface area contributed by atoms with Crippen molar-refractivity contribution in [1.82, 2.24) is 9.21 Å². The minimum absolute atomic E-state index is 0.143. The molecule has 2 saturated heterocycles. The first-order chi connectivity index (χ1) is 16.2. The van der Waals surface area contributed by atoms with Gasteiger partial charge in [-0.15, -0.1) is 0 Å². The smallest absolute Gasteiger partial charge is 0.376 e. The molecule has 5 nitrogen and oxygen atoms in total. The Bertz CT molecular complexity index is 1200. The van der Waals surface area contributed by atoms with Gasteiger partial charge in [0.1, 0.15) is 0 Å². The topological polar surface area (TPSA) is 60.9 Å². The predicted octanol–water partition coefficient (Wildman–Crippen LogP) is 4.95. The quantitative estimate of drug-likeness (QED) is 0.574. The van der Waals surface area contributed by atoms with E-state index in [1.165, 1.54) is 24.5 Å². The maximum absolute atomic E-state index is 13.2. The molecule has 2 fully saturated rings. The minimum atomic E-state index is -4.82. The van der Waals surface area contributed by atoms with E-state index in [0.717, 1.165) is 29.5 Å². The summed E-state index contributed by atoms with van der Waals surface area (Å²) in [7, 11) is -3.20. The summed E-state index contributed by atoms with van der Waals surface area (Å²) in [5, 5.41) is 10.1. The van der Waals surface area contributed by atoms with E-state index in [0.29, 0.717) is 38.5 Å². The van der Waals surface area contributed by atoms with Gasteiger partial charge < -0.3 is 5.11 Å². The van der Waals surface area contributed by atoms with Crippen molar-refractivity contribution in [3.63, 3.8) is 0 Å². The largest absolute Gasteiger partial charge is 0.421 e. The van der Waals surface area contributed by atoms with Crippen LogP contribution in [0.5, 0.6) is 0 Å². The van der Waals surface area contributed by atoms with Gasteiger partial charge in [-0.25, -0.2) is 8.42 Å². The number of sulfonamides is 1. The predicted molar refractivity (Wildman–Crippen MR) is 131 cm³/mol. The van der Waals surface area contributed by atoms with Crippen molar-refractivity contribution in [2.75, 3.05) is 19.3 Å². The zero-order valence-corrected chi connectivity index (χ0v) is 21.5. The summed E-state index contributed by atoms with van der Waals surface area (Å²) < 4.78 is 65.3. The molecule has 0 radical (unpaired) electrons. The zero-order chi connectivity index (χ0) is 25.8. The second kappa shape index (κ2) is 9.34. The van der Waals surface area contributed by atoms with Crippen LogP contribution in [0.4, 0.5) is 13.2 Å². The molecular weight excluding hydrogens is 501 g/mol. The van der Waals surface area contributed by atoms with Crippen LogP contribution in [-0.4, -0.2) is 60.3 Å². The van der Waals surface area contributed by atoms with E-state index in [9.17, 15) is 26.7 Å². The maximum atomic E-state index is 13.2. The summed E-state index contributed by atoms with van der Waals surface area (Å²) in [5.41, 5.74) is 0.262. The Morgan fingerprint density at radius 1 is 1.06 bits per heavy atom. The first-order valence-corrected chi connectivity index (χ1v) is 13.9. The normalized spacial score (nSPS) is 23.4. The summed E-state index contributed by atoms with van der Waals surface area (Å²) >= 11 is 6.40. The Morgan fingerprint density at radius 3 is 2.17 bits per heavy atom. The van der Waals surface area contributed by atoms with Crippen molar-refractivity contribution < 1.29 is 26.7 Å². The number of halogens is 4. The summed E-state index contributed by atoms with van der Waals surface area (Å²) in [6.45, 7) is 4.46. The first-order valence-electron chi connectivity index (χ1n) is 11.6. The van der Waals surface area contributed by atoms with Crippen LogP contribution in [0.3, 0.4) is 0 Å². The molecule has 0 spiro atoms. The second-order valence-corrected chi connectivity index (χ2v) is 12.1. The van der Waals surface area contributed by atoms with Crippen LogP contribution >= 0.6 is 11.6 Å². The van der Waals surface area contributed by atoms with Crippen molar-refractivity contribution in [2.24, 2.45) is 0 Å². The SMILES string of the molecule is CCc1cc(CN2C3CCC2CN(S(C)(=O)=O)C3)ccc1-c1ccc(C(C)(O)C(F)(F)F)cc1Cl. The number of aliphatic hydroxyl groups is 1. The minimum Gasteiger partial charge on any atom is -0.376 e. The molecule has 2 bridgehead atoms. The molecule has 35 heavy (non-hydrogen) atoms. The van der Waals surface area contributed by atoms with Gasteiger partial charge in [-0.05, 0) is 54.5 Å². The van der Waals surface area contributed by atoms with Crippen LogP contribution < -0.4 is 0 Å². The average Bonchev–Trinajstić information content (AvgIpc) is 2.98. The Balaban J connectivity index is 1.57. The summed E-state index contributed by atoms with van der Waals surface area (Å²) in [5.74, 6) is 0. The standard InChI is InChI=1S/C25H30ClF3N2O3S/c1-4-17-11-16(13-31-19-7-8-20(31)15-30(14-19)35(3,33)34)5-9-21(17)22-10-6-18(12-23(22)26)24(2,32)25(27,28)29/h5-6,9-12,19-20,32H,4,7-8,13-15H2,1-3H3. The highest BCUT2D eigenvalue weighted by Crippen LogP contribution is 2.41. The van der Waals surface area contributed by atoms with Gasteiger partial charge in [0.2, 0.25) is 10.0 Å². The molecule has 10 heteroatoms. The molecule has 0 aromatic heterocycles. The van der Waals surface area contributed by atoms with Gasteiger partial charge in [-0.2, -0.15) is 17.5 Å². The van der Waals surface area contributed by atoms with Gasteiger partial charge in [0.25, 0.3) is 0 Å². The fourth-order valence-corrected chi connectivity index (χ4v) is 6.36. The number of benzene rings is 2. The van der Waals surface area contributed by atoms with Crippen molar-refractivity contribution in [1.29, 1.82) is 0 Å². The molecule has 0 aliphatic carbocycles. The Morgan fingerprint density at radius 2 is 1.66 bits per heavy atom. The van der Waals surface area contributed by atoms with Crippen LogP contribution in [0.25, 0.3) is 11.1 Å². The first kappa shape index (κ1) is 26.4. The number of nitrogens with zero attached hydrogens (tertiary/aromatic N) is 2. The van der Waals surface area contributed by atoms with Crippen LogP contribution in [0.2, 0.25) is 5.02 Å². The number of alkyl halides is 3. The number of hydrogen-bond donors (Lipinski definition) is 1. The lowest BCUT2D eigenvalue weighted by molar-refractivity contribution is -0.258. The molecule has 2 aliphatic heterocycles. The van der Waals surface area contributed by atoms with Gasteiger partial charge >= 0.3 is 6.18 Å². The Labute approximate surface area is 209 Å². The molecule has 3 atom stereocenters. The molecule has 192 valence electrons. The summed E-state index contributed by atoms with van der Waals surface area (Å²) in [6, 6.07) is 10.4. The highest BCUT2D eigenvalue weighted by molar-refractivity contribution is 7.88. The maximum Gasteiger partial charge on any atom is 0.421 e. The highest BCUT2D eigenvalue weighted by Gasteiger charge is 2.51. The van der Waals surface area contributed by atoms with Crippen molar-refractivity contribution >= 4 is 21.6 Å². The number of fused-ring (bicyclic) bond motifs is 2. The van der Waals surface area contributed by atoms with Crippen molar-refractivity contribution in [2.45, 2.75) is 63.5 Å². The van der Waals surface area contributed by atoms with Crippen LogP contribution in [0, 0.1) is 0 Å². The van der Waals surface area contributed by atoms with E-state index in [1.807, 2.05) is 19.1 Å². The monoisotopic (exact) mass is 530 g/mol. The third-order valence-corrected chi connectivity index (χ3v) is 8.91. The molecule has 3 unspecified atom stereocenters. The van der Waals surface area contributed by atoms with E-state index in [-0.39, 0.29) is 22.7 Å². The van der Waals surface area contributed by atoms with Crippen LogP contribution in [-0.2, 0) is 28.6 Å². The molecule has 2 heterocycles. The highest BCUT2D eigenvalue weighted by atomic mass is 35.5. The molecule has 2 aliphatic rings. The average molecular weight is 531 g/mol. The summed E-state index contributed by atoms with van der Waals surface area (Å²) in [4.78, 5) is 2.39. The molecule has 1 N–H and O–H groups in total. The third kappa shape index (κ3) is 5.11. The fraction of sp³-hybridized carbons (Fsp3) is 0.520. The van der Waals surface area contributed by atoms with Gasteiger partial charge in [-0.3, -0.25) is 4.90 Å². The van der Waals surface area contributed by atoms with E-state index in [1.54, 1.807) is 4.31 Å². The molecular formula is C25H30ClF3N2O3S. The summed E-state index contributed by atoms with van der Waals surface area (Å²) in [6.07, 6.45) is -0.912. The molecule has 2 aromatic rings. The Kier molecular flexibility index (Phi) is 7.05. The van der Waals surface area contributed by atoms with Gasteiger partial charge in [-0.1, -0.05) is 48.9 Å². The Hall–Kier alpha value is -1.65. The van der Waals surface area contributed by atoms with Crippen molar-refractivity contribution in [3.05, 3.63) is 58.1 Å². The number of aryl methyl sites for hydroxylation is 1. The van der Waals surface area contributed by atoms with E-state index >= 15 is 0 Å². The van der Waals surface area contributed by atoms with E-state index in [2.05, 4.69) is 11.0 Å². The van der Waals surface area contributed by atoms with E-state index in [4.69, 9.17) is 11.6 Å². The van der Waals surface area contributed by atoms with E-state index < -0.39 is 21.8 Å². The molecule has 0 saturated carbocycles. The number of piperazine rings is 1. The van der Waals surface area contributed by atoms with Crippen molar-refractivity contribution in [3.8, 4) is 11.1 Å². The van der Waals surface area contributed by atoms with Gasteiger partial charge in [0, 0.05) is 42.3 Å². The molecule has 0 amide bonds. The molecule has 2 aromatic carbocycles. The number of rotatable bonds is 6. The lowest BCUT2D eigenvalue weighted by Crippen LogP contribution is -2.54. The van der Waals surface area contributed by atoms with Crippen LogP contribution in [0.1, 0.15) is 43.4 Å².